The summed E-state index contributed by atoms with van der Waals surface area (Å²) in [5.41, 5.74) is 1.58. The molecule has 0 spiro atoms. The maximum absolute atomic E-state index is 12.0. The monoisotopic (exact) mass is 422 g/mol. The lowest BCUT2D eigenvalue weighted by Gasteiger charge is -2.03. The van der Waals surface area contributed by atoms with Crippen molar-refractivity contribution < 1.29 is 13.3 Å². The Bertz CT molecular complexity index is 1330. The maximum Gasteiger partial charge on any atom is 0.280 e. The Labute approximate surface area is 162 Å². The highest BCUT2D eigenvalue weighted by Gasteiger charge is 2.25. The molecule has 2 heterocycles. The third-order valence-corrected chi connectivity index (χ3v) is 6.27. The summed E-state index contributed by atoms with van der Waals surface area (Å²) in [6.07, 6.45) is 2.29. The van der Waals surface area contributed by atoms with Gasteiger partial charge < -0.3 is 9.97 Å². The summed E-state index contributed by atoms with van der Waals surface area (Å²) in [5, 5.41) is 12.6. The first-order valence-electron chi connectivity index (χ1n) is 7.55. The van der Waals surface area contributed by atoms with Gasteiger partial charge in [-0.15, -0.1) is 0 Å². The minimum atomic E-state index is -3.64. The predicted octanol–water partition coefficient (Wildman–Crippen LogP) is 4.16. The topological polar surface area (TPSA) is 122 Å². The minimum absolute atomic E-state index is 0.0617. The lowest BCUT2D eigenvalue weighted by molar-refractivity contribution is -0.383. The molecule has 2 N–H and O–H groups in total. The van der Waals surface area contributed by atoms with Crippen LogP contribution in [0.1, 0.15) is 0 Å². The smallest absolute Gasteiger partial charge is 0.280 e. The molecule has 27 heavy (non-hydrogen) atoms. The van der Waals surface area contributed by atoms with Crippen molar-refractivity contribution in [2.45, 2.75) is 14.9 Å². The molecular weight excluding hydrogens is 412 g/mol. The number of nitro benzene ring substituents is 1. The molecule has 2 aromatic carbocycles. The number of nitrogens with zero attached hydrogens (tertiary/aromatic N) is 2. The van der Waals surface area contributed by atoms with Crippen molar-refractivity contribution in [2.24, 2.45) is 0 Å². The van der Waals surface area contributed by atoms with E-state index in [1.54, 1.807) is 24.3 Å². The lowest BCUT2D eigenvalue weighted by atomic mass is 10.2. The maximum atomic E-state index is 12.0. The van der Waals surface area contributed by atoms with Crippen LogP contribution in [0.2, 0.25) is 5.02 Å². The summed E-state index contributed by atoms with van der Waals surface area (Å²) in [6.45, 7) is 0. The number of nitro groups is 1. The molecule has 4 aromatic rings. The van der Waals surface area contributed by atoms with Crippen molar-refractivity contribution in [1.29, 1.82) is 0 Å². The Hall–Kier alpha value is -2.56. The summed E-state index contributed by atoms with van der Waals surface area (Å²) in [7, 11) is -3.64. The molecule has 0 aliphatic carbocycles. The van der Waals surface area contributed by atoms with Crippen LogP contribution in [0.4, 0.5) is 5.69 Å². The molecular formula is C16H11ClN4O4S2. The van der Waals surface area contributed by atoms with Gasteiger partial charge in [0, 0.05) is 28.4 Å². The predicted molar refractivity (Wildman–Crippen MR) is 103 cm³/mol. The molecule has 0 atom stereocenters. The number of hydrogen-bond donors (Lipinski definition) is 2. The molecule has 0 aliphatic rings. The Morgan fingerprint density at radius 2 is 2.04 bits per heavy atom. The van der Waals surface area contributed by atoms with Crippen molar-refractivity contribution in [2.75, 3.05) is 6.26 Å². The van der Waals surface area contributed by atoms with Crippen LogP contribution in [0.3, 0.4) is 0 Å². The van der Waals surface area contributed by atoms with Crippen molar-refractivity contribution >= 4 is 60.8 Å². The zero-order chi connectivity index (χ0) is 19.3. The van der Waals surface area contributed by atoms with E-state index >= 15 is 0 Å². The average molecular weight is 423 g/mol. The Kier molecular flexibility index (Phi) is 4.13. The molecule has 0 fully saturated rings. The standard InChI is InChI=1S/C16H11ClN4O4S2/c1-27(24,25)13-7-18-15-12(5-4-11(14(13)15)21(22)23)26-16-19-9-3-2-8(17)6-10(9)20-16/h2-7,18H,1H3,(H,19,20). The van der Waals surface area contributed by atoms with Crippen molar-refractivity contribution in [3.8, 4) is 0 Å². The molecule has 0 saturated carbocycles. The van der Waals surface area contributed by atoms with E-state index < -0.39 is 14.8 Å². The van der Waals surface area contributed by atoms with E-state index in [-0.39, 0.29) is 16.0 Å². The van der Waals surface area contributed by atoms with Crippen molar-refractivity contribution in [3.05, 3.63) is 51.7 Å². The number of H-pyrrole nitrogens is 2. The fourth-order valence-electron chi connectivity index (χ4n) is 2.82. The highest BCUT2D eigenvalue weighted by Crippen LogP contribution is 2.39. The number of sulfone groups is 1. The van der Waals surface area contributed by atoms with Gasteiger partial charge in [0.1, 0.15) is 0 Å². The molecule has 138 valence electrons. The van der Waals surface area contributed by atoms with Gasteiger partial charge in [-0.05, 0) is 36.0 Å². The Morgan fingerprint density at radius 1 is 1.26 bits per heavy atom. The SMILES string of the molecule is CS(=O)(=O)c1c[nH]c2c(Sc3nc4ccc(Cl)cc4[nH]3)ccc([N+](=O)[O-])c12. The number of fused-ring (bicyclic) bond motifs is 2. The third-order valence-electron chi connectivity index (χ3n) is 3.96. The number of halogens is 1. The lowest BCUT2D eigenvalue weighted by Crippen LogP contribution is -1.98. The number of imidazole rings is 1. The van der Waals surface area contributed by atoms with Gasteiger partial charge in [0.2, 0.25) is 0 Å². The molecule has 4 rings (SSSR count). The zero-order valence-corrected chi connectivity index (χ0v) is 16.1. The fraction of sp³-hybridized carbons (Fsp3) is 0.0625. The molecule has 8 nitrogen and oxygen atoms in total. The quantitative estimate of drug-likeness (QED) is 0.376. The number of benzene rings is 2. The van der Waals surface area contributed by atoms with E-state index in [2.05, 4.69) is 15.0 Å². The van der Waals surface area contributed by atoms with Gasteiger partial charge in [-0.3, -0.25) is 10.1 Å². The zero-order valence-electron chi connectivity index (χ0n) is 13.7. The first kappa shape index (κ1) is 17.8. The molecule has 0 radical (unpaired) electrons. The number of hydrogen-bond acceptors (Lipinski definition) is 6. The van der Waals surface area contributed by atoms with Gasteiger partial charge >= 0.3 is 0 Å². The van der Waals surface area contributed by atoms with Gasteiger partial charge in [-0.25, -0.2) is 13.4 Å². The van der Waals surface area contributed by atoms with E-state index in [0.717, 1.165) is 17.3 Å². The van der Waals surface area contributed by atoms with Crippen LogP contribution >= 0.6 is 23.4 Å². The fourth-order valence-corrected chi connectivity index (χ4v) is 4.75. The number of aromatic nitrogens is 3. The van der Waals surface area contributed by atoms with Crippen molar-refractivity contribution in [3.63, 3.8) is 0 Å². The first-order chi connectivity index (χ1) is 12.7. The van der Waals surface area contributed by atoms with Gasteiger partial charge in [0.05, 0.1) is 31.8 Å². The highest BCUT2D eigenvalue weighted by molar-refractivity contribution is 7.99. The highest BCUT2D eigenvalue weighted by atomic mass is 35.5. The van der Waals surface area contributed by atoms with Crippen LogP contribution < -0.4 is 0 Å². The van der Waals surface area contributed by atoms with E-state index in [1.807, 2.05) is 0 Å². The van der Waals surface area contributed by atoms with E-state index in [9.17, 15) is 18.5 Å². The third kappa shape index (κ3) is 3.15. The molecule has 0 unspecified atom stereocenters. The normalized spacial score (nSPS) is 12.1. The summed E-state index contributed by atoms with van der Waals surface area (Å²) >= 11 is 7.21. The van der Waals surface area contributed by atoms with Gasteiger partial charge in [0.15, 0.2) is 15.0 Å². The minimum Gasteiger partial charge on any atom is -0.359 e. The first-order valence-corrected chi connectivity index (χ1v) is 10.6. The largest absolute Gasteiger partial charge is 0.359 e. The number of aromatic amines is 2. The van der Waals surface area contributed by atoms with Gasteiger partial charge in [-0.1, -0.05) is 11.6 Å². The van der Waals surface area contributed by atoms with Crippen LogP contribution in [0, 0.1) is 10.1 Å². The molecule has 0 saturated heterocycles. The number of nitrogens with one attached hydrogen (secondary N) is 2. The second-order valence-electron chi connectivity index (χ2n) is 5.82. The van der Waals surface area contributed by atoms with Crippen LogP contribution in [-0.2, 0) is 9.84 Å². The molecule has 0 amide bonds. The van der Waals surface area contributed by atoms with Crippen LogP contribution in [0.5, 0.6) is 0 Å². The number of non-ortho nitro benzene ring substituents is 1. The number of rotatable bonds is 4. The van der Waals surface area contributed by atoms with E-state index in [1.165, 1.54) is 24.0 Å². The second-order valence-corrected chi connectivity index (χ2v) is 9.27. The molecule has 2 aromatic heterocycles. The summed E-state index contributed by atoms with van der Waals surface area (Å²) in [5.74, 6) is 0. The molecule has 11 heteroatoms. The summed E-state index contributed by atoms with van der Waals surface area (Å²) < 4.78 is 24.0. The van der Waals surface area contributed by atoms with E-state index in [0.29, 0.717) is 20.6 Å². The second kappa shape index (κ2) is 6.25. The van der Waals surface area contributed by atoms with Gasteiger partial charge in [0.25, 0.3) is 5.69 Å². The molecule has 0 bridgehead atoms. The summed E-state index contributed by atoms with van der Waals surface area (Å²) in [6, 6.07) is 8.11. The molecule has 0 aliphatic heterocycles. The van der Waals surface area contributed by atoms with Crippen LogP contribution in [0.25, 0.3) is 21.9 Å². The van der Waals surface area contributed by atoms with Crippen LogP contribution in [0.15, 0.2) is 51.5 Å². The Morgan fingerprint density at radius 3 is 2.74 bits per heavy atom. The van der Waals surface area contributed by atoms with Crippen molar-refractivity contribution in [1.82, 2.24) is 15.0 Å². The summed E-state index contributed by atoms with van der Waals surface area (Å²) in [4.78, 5) is 21.7. The van der Waals surface area contributed by atoms with Crippen LogP contribution in [-0.4, -0.2) is 34.5 Å². The van der Waals surface area contributed by atoms with Gasteiger partial charge in [-0.2, -0.15) is 0 Å². The average Bonchev–Trinajstić information content (AvgIpc) is 3.17. The Balaban J connectivity index is 1.88. The van der Waals surface area contributed by atoms with E-state index in [4.69, 9.17) is 11.6 Å².